The first-order valence-corrected chi connectivity index (χ1v) is 10.1. The predicted octanol–water partition coefficient (Wildman–Crippen LogP) is 4.75. The van der Waals surface area contributed by atoms with Crippen molar-refractivity contribution in [2.75, 3.05) is 11.4 Å². The normalized spacial score (nSPS) is 17.7. The van der Waals surface area contributed by atoms with Gasteiger partial charge in [-0.3, -0.25) is 9.69 Å². The summed E-state index contributed by atoms with van der Waals surface area (Å²) in [5, 5.41) is 9.32. The van der Waals surface area contributed by atoms with Gasteiger partial charge in [-0.25, -0.2) is 9.18 Å². The zero-order chi connectivity index (χ0) is 22.1. The van der Waals surface area contributed by atoms with Crippen LogP contribution in [-0.2, 0) is 16.0 Å². The Morgan fingerprint density at radius 3 is 2.47 bits per heavy atom. The number of ketones is 1. The summed E-state index contributed by atoms with van der Waals surface area (Å²) in [4.78, 5) is 25.2. The third kappa shape index (κ3) is 5.25. The minimum atomic E-state index is -1.11. The van der Waals surface area contributed by atoms with Gasteiger partial charge >= 0.3 is 6.09 Å². The van der Waals surface area contributed by atoms with Gasteiger partial charge in [-0.05, 0) is 48.1 Å². The molecule has 0 aliphatic carbocycles. The fourth-order valence-electron chi connectivity index (χ4n) is 3.55. The SMILES string of the molecule is CC(O)C(=O)C[C@H]1CN(c2ccc(-c3ccc(CC(C)(C)C)cc3)c(F)c2)C(=O)O1. The molecule has 0 radical (unpaired) electrons. The summed E-state index contributed by atoms with van der Waals surface area (Å²) in [7, 11) is 0. The highest BCUT2D eigenvalue weighted by atomic mass is 19.1. The molecule has 2 aromatic carbocycles. The lowest BCUT2D eigenvalue weighted by Gasteiger charge is -2.18. The van der Waals surface area contributed by atoms with E-state index in [2.05, 4.69) is 20.8 Å². The summed E-state index contributed by atoms with van der Waals surface area (Å²) in [6.45, 7) is 8.03. The first-order valence-electron chi connectivity index (χ1n) is 10.1. The highest BCUT2D eigenvalue weighted by molar-refractivity contribution is 5.91. The van der Waals surface area contributed by atoms with E-state index in [1.165, 1.54) is 23.5 Å². The maximum Gasteiger partial charge on any atom is 0.414 e. The number of carbonyl (C=O) groups excluding carboxylic acids is 2. The van der Waals surface area contributed by atoms with Gasteiger partial charge in [0, 0.05) is 12.0 Å². The Kier molecular flexibility index (Phi) is 6.27. The van der Waals surface area contributed by atoms with Gasteiger partial charge in [-0.2, -0.15) is 0 Å². The molecule has 3 rings (SSSR count). The van der Waals surface area contributed by atoms with Crippen LogP contribution in [0.25, 0.3) is 11.1 Å². The molecule has 1 saturated heterocycles. The molecular weight excluding hydrogens is 385 g/mol. The molecule has 1 heterocycles. The number of cyclic esters (lactones) is 1. The number of amides is 1. The molecule has 1 amide bonds. The van der Waals surface area contributed by atoms with Crippen molar-refractivity contribution in [3.8, 4) is 11.1 Å². The molecule has 0 aromatic heterocycles. The molecule has 1 unspecified atom stereocenters. The Balaban J connectivity index is 1.74. The van der Waals surface area contributed by atoms with Crippen LogP contribution in [0.5, 0.6) is 0 Å². The van der Waals surface area contributed by atoms with Gasteiger partial charge in [-0.1, -0.05) is 45.0 Å². The first-order chi connectivity index (χ1) is 14.0. The number of aliphatic hydroxyl groups excluding tert-OH is 1. The molecule has 30 heavy (non-hydrogen) atoms. The van der Waals surface area contributed by atoms with Crippen LogP contribution in [0.3, 0.4) is 0 Å². The highest BCUT2D eigenvalue weighted by Gasteiger charge is 2.34. The van der Waals surface area contributed by atoms with Crippen molar-refractivity contribution in [2.45, 2.75) is 52.7 Å². The van der Waals surface area contributed by atoms with Crippen molar-refractivity contribution in [1.82, 2.24) is 0 Å². The van der Waals surface area contributed by atoms with E-state index in [-0.39, 0.29) is 18.4 Å². The topological polar surface area (TPSA) is 66.8 Å². The minimum absolute atomic E-state index is 0.0681. The smallest absolute Gasteiger partial charge is 0.414 e. The number of rotatable bonds is 6. The van der Waals surface area contributed by atoms with Crippen LogP contribution < -0.4 is 4.90 Å². The van der Waals surface area contributed by atoms with Crippen LogP contribution >= 0.6 is 0 Å². The summed E-state index contributed by atoms with van der Waals surface area (Å²) in [5.41, 5.74) is 2.96. The molecule has 0 spiro atoms. The Morgan fingerprint density at radius 1 is 1.23 bits per heavy atom. The summed E-state index contributed by atoms with van der Waals surface area (Å²) in [6, 6.07) is 12.4. The van der Waals surface area contributed by atoms with Gasteiger partial charge in [0.1, 0.15) is 18.0 Å². The summed E-state index contributed by atoms with van der Waals surface area (Å²) in [6.07, 6.45) is -1.52. The number of carbonyl (C=O) groups is 2. The first kappa shape index (κ1) is 22.0. The molecular formula is C24H28FNO4. The lowest BCUT2D eigenvalue weighted by Crippen LogP contribution is -2.27. The molecule has 1 fully saturated rings. The number of ether oxygens (including phenoxy) is 1. The lowest BCUT2D eigenvalue weighted by molar-refractivity contribution is -0.127. The van der Waals surface area contributed by atoms with E-state index in [0.29, 0.717) is 11.3 Å². The van der Waals surface area contributed by atoms with E-state index < -0.39 is 29.9 Å². The number of hydrogen-bond acceptors (Lipinski definition) is 4. The van der Waals surface area contributed by atoms with Crippen molar-refractivity contribution in [3.63, 3.8) is 0 Å². The van der Waals surface area contributed by atoms with Crippen molar-refractivity contribution in [3.05, 3.63) is 53.8 Å². The lowest BCUT2D eigenvalue weighted by atomic mass is 9.87. The highest BCUT2D eigenvalue weighted by Crippen LogP contribution is 2.30. The van der Waals surface area contributed by atoms with Gasteiger partial charge in [0.2, 0.25) is 0 Å². The third-order valence-electron chi connectivity index (χ3n) is 5.03. The summed E-state index contributed by atoms with van der Waals surface area (Å²) >= 11 is 0. The molecule has 2 atom stereocenters. The monoisotopic (exact) mass is 413 g/mol. The van der Waals surface area contributed by atoms with Gasteiger partial charge < -0.3 is 9.84 Å². The fourth-order valence-corrected chi connectivity index (χ4v) is 3.55. The average Bonchev–Trinajstić information content (AvgIpc) is 3.01. The van der Waals surface area contributed by atoms with Gasteiger partial charge in [-0.15, -0.1) is 0 Å². The minimum Gasteiger partial charge on any atom is -0.443 e. The quantitative estimate of drug-likeness (QED) is 0.742. The largest absolute Gasteiger partial charge is 0.443 e. The fraction of sp³-hybridized carbons (Fsp3) is 0.417. The number of hydrogen-bond donors (Lipinski definition) is 1. The van der Waals surface area contributed by atoms with Crippen molar-refractivity contribution < 1.29 is 23.8 Å². The number of nitrogens with zero attached hydrogens (tertiary/aromatic N) is 1. The second-order valence-corrected chi connectivity index (χ2v) is 9.06. The zero-order valence-corrected chi connectivity index (χ0v) is 17.8. The van der Waals surface area contributed by atoms with Gasteiger partial charge in [0.25, 0.3) is 0 Å². The maximum absolute atomic E-state index is 14.8. The Morgan fingerprint density at radius 2 is 1.90 bits per heavy atom. The molecule has 0 bridgehead atoms. The standard InChI is InChI=1S/C24H28FNO4/c1-15(27)22(28)12-19-14-26(23(29)30-19)18-9-10-20(21(25)11-18)17-7-5-16(6-8-17)13-24(2,3)4/h5-11,15,19,27H,12-14H2,1-4H3/t15?,19-/m0/s1. The number of benzene rings is 2. The van der Waals surface area contributed by atoms with E-state index in [4.69, 9.17) is 4.74 Å². The second kappa shape index (κ2) is 8.56. The van der Waals surface area contributed by atoms with Crippen molar-refractivity contribution >= 4 is 17.6 Å². The molecule has 1 N–H and O–H groups in total. The Hall–Kier alpha value is -2.73. The third-order valence-corrected chi connectivity index (χ3v) is 5.03. The molecule has 1 aliphatic heterocycles. The van der Waals surface area contributed by atoms with Crippen LogP contribution in [-0.4, -0.2) is 35.7 Å². The van der Waals surface area contributed by atoms with E-state index in [0.717, 1.165) is 12.0 Å². The zero-order valence-electron chi connectivity index (χ0n) is 17.8. The van der Waals surface area contributed by atoms with Crippen LogP contribution in [0.1, 0.15) is 39.7 Å². The number of Topliss-reactive ketones (excluding diaryl/α,β-unsaturated/α-hetero) is 1. The van der Waals surface area contributed by atoms with Crippen molar-refractivity contribution in [1.29, 1.82) is 0 Å². The predicted molar refractivity (Wildman–Crippen MR) is 114 cm³/mol. The van der Waals surface area contributed by atoms with Crippen LogP contribution in [0.2, 0.25) is 0 Å². The van der Waals surface area contributed by atoms with Gasteiger partial charge in [0.15, 0.2) is 5.78 Å². The summed E-state index contributed by atoms with van der Waals surface area (Å²) in [5.74, 6) is -0.835. The van der Waals surface area contributed by atoms with E-state index in [1.54, 1.807) is 12.1 Å². The molecule has 5 nitrogen and oxygen atoms in total. The van der Waals surface area contributed by atoms with Crippen LogP contribution in [0.4, 0.5) is 14.9 Å². The summed E-state index contributed by atoms with van der Waals surface area (Å²) < 4.78 is 20.0. The number of aliphatic hydroxyl groups is 1. The number of halogens is 1. The maximum atomic E-state index is 14.8. The van der Waals surface area contributed by atoms with Gasteiger partial charge in [0.05, 0.1) is 12.2 Å². The Labute approximate surface area is 176 Å². The Bertz CT molecular complexity index is 931. The van der Waals surface area contributed by atoms with Crippen molar-refractivity contribution in [2.24, 2.45) is 5.41 Å². The van der Waals surface area contributed by atoms with Crippen LogP contribution in [0.15, 0.2) is 42.5 Å². The molecule has 6 heteroatoms. The second-order valence-electron chi connectivity index (χ2n) is 9.06. The van der Waals surface area contributed by atoms with E-state index in [9.17, 15) is 19.1 Å². The molecule has 2 aromatic rings. The van der Waals surface area contributed by atoms with E-state index >= 15 is 0 Å². The van der Waals surface area contributed by atoms with E-state index in [1.807, 2.05) is 24.3 Å². The molecule has 1 aliphatic rings. The molecule has 0 saturated carbocycles. The number of anilines is 1. The van der Waals surface area contributed by atoms with Crippen LogP contribution in [0, 0.1) is 11.2 Å². The molecule has 160 valence electrons. The average molecular weight is 413 g/mol.